The lowest BCUT2D eigenvalue weighted by Crippen LogP contribution is -1.95. The molecule has 0 saturated heterocycles. The first kappa shape index (κ1) is 14.5. The number of rotatable bonds is 1. The molecule has 96 valence electrons. The molecule has 0 spiro atoms. The molecule has 0 aliphatic heterocycles. The Kier molecular flexibility index (Phi) is 4.69. The van der Waals surface area contributed by atoms with Crippen LogP contribution in [0.4, 0.5) is 9.39 Å². The van der Waals surface area contributed by atoms with Crippen molar-refractivity contribution in [3.63, 3.8) is 0 Å². The normalized spacial score (nSPS) is 10.1. The summed E-state index contributed by atoms with van der Waals surface area (Å²) in [6.07, 6.45) is 0. The van der Waals surface area contributed by atoms with E-state index in [2.05, 4.69) is 6.07 Å². The summed E-state index contributed by atoms with van der Waals surface area (Å²) in [5.41, 5.74) is 6.75. The maximum atomic E-state index is 13.8. The zero-order valence-electron chi connectivity index (χ0n) is 11.0. The topological polar surface area (TPSA) is 49.8 Å². The Hall–Kier alpha value is -1.60. The molecular formula is C14H17FN2S. The summed E-state index contributed by atoms with van der Waals surface area (Å²) in [6.45, 7) is 7.82. The number of benzene rings is 1. The molecule has 0 saturated carbocycles. The average Bonchev–Trinajstić information content (AvgIpc) is 2.66. The van der Waals surface area contributed by atoms with Crippen LogP contribution in [0.25, 0.3) is 10.1 Å². The van der Waals surface area contributed by atoms with Crippen LogP contribution in [0.2, 0.25) is 0 Å². The molecule has 0 fully saturated rings. The predicted molar refractivity (Wildman–Crippen MR) is 76.3 cm³/mol. The molecule has 1 aromatic carbocycles. The average molecular weight is 264 g/mol. The number of nitrogen functional groups attached to an aromatic ring is 1. The second kappa shape index (κ2) is 5.83. The van der Waals surface area contributed by atoms with Gasteiger partial charge in [-0.25, -0.2) is 4.39 Å². The number of nitrogens with two attached hydrogens (primary N) is 1. The fraction of sp³-hybridized carbons (Fsp3) is 0.357. The Bertz CT molecular complexity index is 594. The van der Waals surface area contributed by atoms with Gasteiger partial charge in [0.15, 0.2) is 0 Å². The van der Waals surface area contributed by atoms with Crippen molar-refractivity contribution in [1.29, 1.82) is 5.26 Å². The molecule has 1 aromatic heterocycles. The summed E-state index contributed by atoms with van der Waals surface area (Å²) in [5, 5.41) is 10.2. The number of anilines is 1. The predicted octanol–water partition coefficient (Wildman–Crippen LogP) is 4.64. The van der Waals surface area contributed by atoms with Crippen molar-refractivity contribution in [3.8, 4) is 6.07 Å². The van der Waals surface area contributed by atoms with Gasteiger partial charge in [0.2, 0.25) is 0 Å². The maximum Gasteiger partial charge on any atom is 0.127 e. The van der Waals surface area contributed by atoms with Crippen molar-refractivity contribution < 1.29 is 4.39 Å². The lowest BCUT2D eigenvalue weighted by Gasteiger charge is -2.08. The molecule has 2 N–H and O–H groups in total. The van der Waals surface area contributed by atoms with E-state index in [-0.39, 0.29) is 11.7 Å². The third-order valence-corrected chi connectivity index (χ3v) is 3.54. The highest BCUT2D eigenvalue weighted by atomic mass is 32.1. The number of hydrogen-bond donors (Lipinski definition) is 1. The van der Waals surface area contributed by atoms with Gasteiger partial charge in [0.1, 0.15) is 16.9 Å². The minimum Gasteiger partial charge on any atom is -0.389 e. The van der Waals surface area contributed by atoms with Crippen molar-refractivity contribution in [1.82, 2.24) is 0 Å². The van der Waals surface area contributed by atoms with Crippen molar-refractivity contribution in [2.45, 2.75) is 33.6 Å². The Balaban J connectivity index is 0.000000771. The van der Waals surface area contributed by atoms with E-state index >= 15 is 0 Å². The highest BCUT2D eigenvalue weighted by molar-refractivity contribution is 7.23. The maximum absolute atomic E-state index is 13.8. The van der Waals surface area contributed by atoms with Gasteiger partial charge in [0.05, 0.1) is 5.56 Å². The molecule has 0 bridgehead atoms. The summed E-state index contributed by atoms with van der Waals surface area (Å²) in [7, 11) is 0. The molecule has 2 aromatic rings. The zero-order valence-corrected chi connectivity index (χ0v) is 11.9. The van der Waals surface area contributed by atoms with E-state index in [9.17, 15) is 4.39 Å². The largest absolute Gasteiger partial charge is 0.389 e. The quantitative estimate of drug-likeness (QED) is 0.815. The number of fused-ring (bicyclic) bond motifs is 1. The van der Waals surface area contributed by atoms with Gasteiger partial charge in [-0.15, -0.1) is 11.3 Å². The van der Waals surface area contributed by atoms with Crippen molar-refractivity contribution >= 4 is 26.4 Å². The Morgan fingerprint density at radius 3 is 2.44 bits per heavy atom. The lowest BCUT2D eigenvalue weighted by atomic mass is 9.96. The first-order valence-corrected chi connectivity index (χ1v) is 6.78. The molecule has 2 rings (SSSR count). The number of hydrogen-bond acceptors (Lipinski definition) is 3. The molecule has 2 nitrogen and oxygen atoms in total. The number of nitrogens with zero attached hydrogens (tertiary/aromatic N) is 1. The summed E-state index contributed by atoms with van der Waals surface area (Å²) >= 11 is 1.33. The van der Waals surface area contributed by atoms with Gasteiger partial charge in [-0.1, -0.05) is 27.7 Å². The number of nitriles is 1. The van der Waals surface area contributed by atoms with Gasteiger partial charge in [0, 0.05) is 15.6 Å². The molecule has 0 radical (unpaired) electrons. The third kappa shape index (κ3) is 2.32. The number of thiophene rings is 1. The molecule has 4 heteroatoms. The van der Waals surface area contributed by atoms with Gasteiger partial charge in [-0.2, -0.15) is 5.26 Å². The van der Waals surface area contributed by atoms with E-state index in [4.69, 9.17) is 11.0 Å². The van der Waals surface area contributed by atoms with E-state index in [1.807, 2.05) is 27.7 Å². The first-order valence-electron chi connectivity index (χ1n) is 5.96. The highest BCUT2D eigenvalue weighted by Crippen LogP contribution is 2.38. The van der Waals surface area contributed by atoms with E-state index in [1.165, 1.54) is 17.4 Å². The van der Waals surface area contributed by atoms with Gasteiger partial charge in [-0.05, 0) is 18.1 Å². The van der Waals surface area contributed by atoms with Gasteiger partial charge < -0.3 is 5.73 Å². The van der Waals surface area contributed by atoms with Crippen LogP contribution in [0.1, 0.15) is 44.7 Å². The summed E-state index contributed by atoms with van der Waals surface area (Å²) in [5.74, 6) is -0.235. The highest BCUT2D eigenvalue weighted by Gasteiger charge is 2.18. The molecule has 0 aliphatic carbocycles. The van der Waals surface area contributed by atoms with E-state index in [1.54, 1.807) is 6.07 Å². The minimum atomic E-state index is -0.267. The number of halogens is 1. The molecule has 1 heterocycles. The monoisotopic (exact) mass is 264 g/mol. The van der Waals surface area contributed by atoms with Crippen LogP contribution in [0.15, 0.2) is 12.1 Å². The Labute approximate surface area is 111 Å². The second-order valence-corrected chi connectivity index (χ2v) is 5.03. The van der Waals surface area contributed by atoms with E-state index in [0.29, 0.717) is 21.5 Å². The van der Waals surface area contributed by atoms with E-state index < -0.39 is 0 Å². The van der Waals surface area contributed by atoms with Gasteiger partial charge in [-0.3, -0.25) is 0 Å². The van der Waals surface area contributed by atoms with Crippen molar-refractivity contribution in [2.75, 3.05) is 5.73 Å². The van der Waals surface area contributed by atoms with Gasteiger partial charge >= 0.3 is 0 Å². The summed E-state index contributed by atoms with van der Waals surface area (Å²) in [6, 6.07) is 5.18. The van der Waals surface area contributed by atoms with Crippen LogP contribution < -0.4 is 5.73 Å². The smallest absolute Gasteiger partial charge is 0.127 e. The SMILES string of the molecule is CC.CC(C)c1c(F)ccc2sc(N)c(C#N)c12. The van der Waals surface area contributed by atoms with Gasteiger partial charge in [0.25, 0.3) is 0 Å². The summed E-state index contributed by atoms with van der Waals surface area (Å²) in [4.78, 5) is 0. The third-order valence-electron chi connectivity index (χ3n) is 2.56. The minimum absolute atomic E-state index is 0.0322. The Morgan fingerprint density at radius 2 is 1.94 bits per heavy atom. The van der Waals surface area contributed by atoms with Crippen molar-refractivity contribution in [2.24, 2.45) is 0 Å². The van der Waals surface area contributed by atoms with Crippen LogP contribution in [0.5, 0.6) is 0 Å². The van der Waals surface area contributed by atoms with Crippen LogP contribution >= 0.6 is 11.3 Å². The Morgan fingerprint density at radius 1 is 1.33 bits per heavy atom. The molecule has 18 heavy (non-hydrogen) atoms. The second-order valence-electron chi connectivity index (χ2n) is 3.94. The fourth-order valence-electron chi connectivity index (χ4n) is 1.89. The van der Waals surface area contributed by atoms with Crippen LogP contribution in [-0.2, 0) is 0 Å². The summed E-state index contributed by atoms with van der Waals surface area (Å²) < 4.78 is 14.6. The molecular weight excluding hydrogens is 247 g/mol. The van der Waals surface area contributed by atoms with Crippen molar-refractivity contribution in [3.05, 3.63) is 29.1 Å². The fourth-order valence-corrected chi connectivity index (χ4v) is 2.82. The molecule has 0 amide bonds. The molecule has 0 aliphatic rings. The molecule has 0 atom stereocenters. The first-order chi connectivity index (χ1) is 8.56. The van der Waals surface area contributed by atoms with Crippen LogP contribution in [-0.4, -0.2) is 0 Å². The van der Waals surface area contributed by atoms with Crippen LogP contribution in [0, 0.1) is 17.1 Å². The van der Waals surface area contributed by atoms with E-state index in [0.717, 1.165) is 4.70 Å². The molecule has 0 unspecified atom stereocenters. The lowest BCUT2D eigenvalue weighted by molar-refractivity contribution is 0.602. The zero-order chi connectivity index (χ0) is 13.9. The standard InChI is InChI=1S/C12H11FN2S.C2H6/c1-6(2)10-8(13)3-4-9-11(10)7(5-14)12(15)16-9;1-2/h3-4,6H,15H2,1-2H3;1-2H3. The van der Waals surface area contributed by atoms with Crippen LogP contribution in [0.3, 0.4) is 0 Å².